The maximum absolute atomic E-state index is 13.9. The van der Waals surface area contributed by atoms with Crippen molar-refractivity contribution in [3.05, 3.63) is 60.2 Å². The van der Waals surface area contributed by atoms with Crippen molar-refractivity contribution in [3.63, 3.8) is 0 Å². The highest BCUT2D eigenvalue weighted by atomic mass is 32.2. The number of rotatable bonds is 5. The zero-order chi connectivity index (χ0) is 20.3. The van der Waals surface area contributed by atoms with Crippen LogP contribution in [-0.4, -0.2) is 51.4 Å². The van der Waals surface area contributed by atoms with Gasteiger partial charge in [-0.1, -0.05) is 12.1 Å². The van der Waals surface area contributed by atoms with Crippen LogP contribution >= 0.6 is 0 Å². The van der Waals surface area contributed by atoms with Crippen molar-refractivity contribution < 1.29 is 22.0 Å². The molecule has 0 radical (unpaired) electrons. The summed E-state index contributed by atoms with van der Waals surface area (Å²) in [5.74, 6) is -1.22. The number of hydrogen-bond donors (Lipinski definition) is 1. The van der Waals surface area contributed by atoms with Crippen molar-refractivity contribution in [1.29, 1.82) is 0 Å². The number of nitrogens with zero attached hydrogens (tertiary/aromatic N) is 2. The molecule has 9 heteroatoms. The Morgan fingerprint density at radius 3 is 2.21 bits per heavy atom. The molecule has 1 fully saturated rings. The molecule has 1 aliphatic rings. The Kier molecular flexibility index (Phi) is 5.95. The molecule has 0 unspecified atom stereocenters. The van der Waals surface area contributed by atoms with Gasteiger partial charge in [0.15, 0.2) is 0 Å². The summed E-state index contributed by atoms with van der Waals surface area (Å²) >= 11 is 0. The van der Waals surface area contributed by atoms with Crippen LogP contribution in [0.25, 0.3) is 0 Å². The SMILES string of the molecule is C[C@H](NS(=O)(=O)c1ccc(F)cc1)C(=O)N1CCN(c2ccccc2F)CC1. The number of carbonyl (C=O) groups is 1. The lowest BCUT2D eigenvalue weighted by atomic mass is 10.2. The minimum Gasteiger partial charge on any atom is -0.366 e. The molecule has 1 atom stereocenters. The fourth-order valence-electron chi connectivity index (χ4n) is 3.11. The normalized spacial score (nSPS) is 16.1. The Balaban J connectivity index is 1.60. The summed E-state index contributed by atoms with van der Waals surface area (Å²) in [5.41, 5.74) is 0.486. The minimum atomic E-state index is -3.94. The highest BCUT2D eigenvalue weighted by molar-refractivity contribution is 7.89. The highest BCUT2D eigenvalue weighted by Crippen LogP contribution is 2.20. The molecule has 6 nitrogen and oxygen atoms in total. The molecule has 0 aliphatic carbocycles. The maximum Gasteiger partial charge on any atom is 0.241 e. The summed E-state index contributed by atoms with van der Waals surface area (Å²) in [6, 6.07) is 9.84. The fraction of sp³-hybridized carbons (Fsp3) is 0.316. The summed E-state index contributed by atoms with van der Waals surface area (Å²) in [7, 11) is -3.94. The Labute approximate surface area is 162 Å². The van der Waals surface area contributed by atoms with E-state index in [1.165, 1.54) is 13.0 Å². The monoisotopic (exact) mass is 409 g/mol. The van der Waals surface area contributed by atoms with Crippen LogP contribution in [0.3, 0.4) is 0 Å². The van der Waals surface area contributed by atoms with E-state index in [0.717, 1.165) is 24.3 Å². The molecule has 1 aliphatic heterocycles. The molecule has 0 aromatic heterocycles. The van der Waals surface area contributed by atoms with E-state index in [9.17, 15) is 22.0 Å². The standard InChI is InChI=1S/C19H21F2N3O3S/c1-14(22-28(26,27)16-8-6-15(20)7-9-16)19(25)24-12-10-23(11-13-24)18-5-3-2-4-17(18)21/h2-9,14,22H,10-13H2,1H3/t14-/m0/s1. The summed E-state index contributed by atoms with van der Waals surface area (Å²) in [6.45, 7) is 3.08. The van der Waals surface area contributed by atoms with E-state index >= 15 is 0 Å². The lowest BCUT2D eigenvalue weighted by Crippen LogP contribution is -2.54. The van der Waals surface area contributed by atoms with Gasteiger partial charge >= 0.3 is 0 Å². The zero-order valence-corrected chi connectivity index (χ0v) is 16.1. The van der Waals surface area contributed by atoms with Crippen LogP contribution in [0.2, 0.25) is 0 Å². The summed E-state index contributed by atoms with van der Waals surface area (Å²) in [5, 5.41) is 0. The predicted octanol–water partition coefficient (Wildman–Crippen LogP) is 1.98. The number of amides is 1. The summed E-state index contributed by atoms with van der Waals surface area (Å²) < 4.78 is 53.9. The van der Waals surface area contributed by atoms with Gasteiger partial charge in [0.2, 0.25) is 15.9 Å². The highest BCUT2D eigenvalue weighted by Gasteiger charge is 2.28. The number of nitrogens with one attached hydrogen (secondary N) is 1. The molecule has 1 heterocycles. The first-order valence-electron chi connectivity index (χ1n) is 8.84. The number of halogens is 2. The molecule has 0 spiro atoms. The van der Waals surface area contributed by atoms with E-state index in [1.807, 2.05) is 4.90 Å². The molecule has 1 N–H and O–H groups in total. The van der Waals surface area contributed by atoms with E-state index in [1.54, 1.807) is 23.1 Å². The largest absolute Gasteiger partial charge is 0.366 e. The van der Waals surface area contributed by atoms with Gasteiger partial charge in [0.25, 0.3) is 0 Å². The third kappa shape index (κ3) is 4.48. The molecule has 150 valence electrons. The number of benzene rings is 2. The Morgan fingerprint density at radius 1 is 1.00 bits per heavy atom. The molecular weight excluding hydrogens is 388 g/mol. The number of sulfonamides is 1. The molecule has 2 aromatic carbocycles. The second kappa shape index (κ2) is 8.24. The van der Waals surface area contributed by atoms with Crippen LogP contribution in [0.15, 0.2) is 53.4 Å². The van der Waals surface area contributed by atoms with Gasteiger partial charge in [-0.2, -0.15) is 4.72 Å². The van der Waals surface area contributed by atoms with Gasteiger partial charge in [0.05, 0.1) is 16.6 Å². The van der Waals surface area contributed by atoms with Crippen LogP contribution < -0.4 is 9.62 Å². The minimum absolute atomic E-state index is 0.113. The second-order valence-electron chi connectivity index (χ2n) is 6.56. The smallest absolute Gasteiger partial charge is 0.241 e. The third-order valence-corrected chi connectivity index (χ3v) is 6.17. The van der Waals surface area contributed by atoms with Crippen molar-refractivity contribution >= 4 is 21.6 Å². The average Bonchev–Trinajstić information content (AvgIpc) is 2.68. The van der Waals surface area contributed by atoms with Crippen LogP contribution in [0.4, 0.5) is 14.5 Å². The van der Waals surface area contributed by atoms with Crippen LogP contribution in [0.5, 0.6) is 0 Å². The van der Waals surface area contributed by atoms with E-state index in [0.29, 0.717) is 31.9 Å². The molecular formula is C19H21F2N3O3S. The van der Waals surface area contributed by atoms with E-state index in [-0.39, 0.29) is 16.6 Å². The van der Waals surface area contributed by atoms with Gasteiger partial charge in [0, 0.05) is 26.2 Å². The molecule has 3 rings (SSSR count). The number of para-hydroxylation sites is 1. The quantitative estimate of drug-likeness (QED) is 0.820. The molecule has 28 heavy (non-hydrogen) atoms. The number of hydrogen-bond acceptors (Lipinski definition) is 4. The Hall–Kier alpha value is -2.52. The van der Waals surface area contributed by atoms with Crippen LogP contribution in [-0.2, 0) is 14.8 Å². The van der Waals surface area contributed by atoms with Crippen molar-refractivity contribution in [2.75, 3.05) is 31.1 Å². The zero-order valence-electron chi connectivity index (χ0n) is 15.3. The average molecular weight is 409 g/mol. The molecule has 1 saturated heterocycles. The van der Waals surface area contributed by atoms with Gasteiger partial charge in [0.1, 0.15) is 11.6 Å². The van der Waals surface area contributed by atoms with Gasteiger partial charge in [-0.25, -0.2) is 17.2 Å². The summed E-state index contributed by atoms with van der Waals surface area (Å²) in [4.78, 5) is 15.9. The summed E-state index contributed by atoms with van der Waals surface area (Å²) in [6.07, 6.45) is 0. The topological polar surface area (TPSA) is 69.7 Å². The first-order valence-corrected chi connectivity index (χ1v) is 10.3. The van der Waals surface area contributed by atoms with E-state index in [4.69, 9.17) is 0 Å². The van der Waals surface area contributed by atoms with E-state index in [2.05, 4.69) is 4.72 Å². The predicted molar refractivity (Wildman–Crippen MR) is 101 cm³/mol. The van der Waals surface area contributed by atoms with Crippen LogP contribution in [0, 0.1) is 11.6 Å². The molecule has 2 aromatic rings. The Morgan fingerprint density at radius 2 is 1.61 bits per heavy atom. The van der Waals surface area contributed by atoms with Crippen molar-refractivity contribution in [3.8, 4) is 0 Å². The fourth-order valence-corrected chi connectivity index (χ4v) is 4.31. The number of anilines is 1. The molecule has 0 bridgehead atoms. The third-order valence-electron chi connectivity index (χ3n) is 4.61. The maximum atomic E-state index is 13.9. The van der Waals surface area contributed by atoms with Crippen LogP contribution in [0.1, 0.15) is 6.92 Å². The van der Waals surface area contributed by atoms with E-state index < -0.39 is 21.9 Å². The first-order chi connectivity index (χ1) is 13.3. The number of carbonyl (C=O) groups excluding carboxylic acids is 1. The second-order valence-corrected chi connectivity index (χ2v) is 8.27. The molecule has 0 saturated carbocycles. The first kappa shape index (κ1) is 20.2. The Bertz CT molecular complexity index is 943. The van der Waals surface area contributed by atoms with Crippen molar-refractivity contribution in [2.45, 2.75) is 17.9 Å². The van der Waals surface area contributed by atoms with Gasteiger partial charge in [-0.15, -0.1) is 0 Å². The van der Waals surface area contributed by atoms with Gasteiger partial charge in [-0.3, -0.25) is 4.79 Å². The lowest BCUT2D eigenvalue weighted by molar-refractivity contribution is -0.132. The van der Waals surface area contributed by atoms with Crippen molar-refractivity contribution in [1.82, 2.24) is 9.62 Å². The number of piperazine rings is 1. The van der Waals surface area contributed by atoms with Gasteiger partial charge < -0.3 is 9.80 Å². The molecule has 1 amide bonds. The van der Waals surface area contributed by atoms with Crippen molar-refractivity contribution in [2.24, 2.45) is 0 Å². The lowest BCUT2D eigenvalue weighted by Gasteiger charge is -2.37. The van der Waals surface area contributed by atoms with Gasteiger partial charge in [-0.05, 0) is 43.3 Å².